The van der Waals surface area contributed by atoms with Crippen LogP contribution in [-0.4, -0.2) is 6.54 Å². The molecule has 0 unspecified atom stereocenters. The third kappa shape index (κ3) is 11.8. The molecule has 0 aromatic rings. The summed E-state index contributed by atoms with van der Waals surface area (Å²) in [6.07, 6.45) is 6.86. The lowest BCUT2D eigenvalue weighted by Crippen LogP contribution is -3.00. The molecule has 0 rings (SSSR count). The average molecular weight is 196 g/mol. The summed E-state index contributed by atoms with van der Waals surface area (Å²) in [6.45, 7) is 3.36. The summed E-state index contributed by atoms with van der Waals surface area (Å²) < 4.78 is 0. The van der Waals surface area contributed by atoms with Crippen molar-refractivity contribution >= 4 is 0 Å². The maximum absolute atomic E-state index is 3.78. The highest BCUT2D eigenvalue weighted by molar-refractivity contribution is 4.38. The minimum Gasteiger partial charge on any atom is -1.00 e. The molecule has 0 aromatic carbocycles. The fourth-order valence-electron chi connectivity index (χ4n) is 0.780. The van der Waals surface area contributed by atoms with Gasteiger partial charge in [0.25, 0.3) is 0 Å². The first kappa shape index (κ1) is 12.1. The summed E-state index contributed by atoms with van der Waals surface area (Å²) in [6, 6.07) is 0. The predicted octanol–water partition coefficient (Wildman–Crippen LogP) is -1.80. The first-order valence-electron chi connectivity index (χ1n) is 3.71. The molecule has 0 heterocycles. The molecule has 0 radical (unpaired) electrons. The molecule has 0 bridgehead atoms. The molecule has 58 valence electrons. The highest BCUT2D eigenvalue weighted by atomic mass is 79.9. The summed E-state index contributed by atoms with van der Waals surface area (Å²) in [4.78, 5) is 0. The van der Waals surface area contributed by atoms with Crippen LogP contribution in [0.4, 0.5) is 0 Å². The van der Waals surface area contributed by atoms with E-state index in [9.17, 15) is 0 Å². The van der Waals surface area contributed by atoms with Gasteiger partial charge in [-0.05, 0) is 12.8 Å². The minimum atomic E-state index is 0. The fraction of sp³-hybridized carbons (Fsp3) is 1.00. The van der Waals surface area contributed by atoms with Gasteiger partial charge in [-0.3, -0.25) is 0 Å². The molecule has 9 heavy (non-hydrogen) atoms. The number of unbranched alkanes of at least 4 members (excludes halogenated alkanes) is 4. The second kappa shape index (κ2) is 11.3. The van der Waals surface area contributed by atoms with Crippen LogP contribution < -0.4 is 22.7 Å². The van der Waals surface area contributed by atoms with Crippen molar-refractivity contribution in [3.05, 3.63) is 0 Å². The van der Waals surface area contributed by atoms with E-state index in [-0.39, 0.29) is 17.0 Å². The lowest BCUT2D eigenvalue weighted by molar-refractivity contribution is -0.368. The smallest absolute Gasteiger partial charge is 0.0739 e. The number of hydrogen-bond acceptors (Lipinski definition) is 0. The molecule has 0 aliphatic carbocycles. The van der Waals surface area contributed by atoms with E-state index in [1.807, 2.05) is 0 Å². The maximum Gasteiger partial charge on any atom is 0.0739 e. The zero-order valence-electron chi connectivity index (χ0n) is 6.33. The Labute approximate surface area is 68.8 Å². The van der Waals surface area contributed by atoms with Gasteiger partial charge in [0, 0.05) is 0 Å². The van der Waals surface area contributed by atoms with Gasteiger partial charge in [-0.25, -0.2) is 0 Å². The van der Waals surface area contributed by atoms with E-state index in [1.54, 1.807) is 0 Å². The van der Waals surface area contributed by atoms with E-state index in [1.165, 1.54) is 32.1 Å². The van der Waals surface area contributed by atoms with Crippen molar-refractivity contribution in [3.8, 4) is 0 Å². The van der Waals surface area contributed by atoms with Gasteiger partial charge in [0.05, 0.1) is 6.54 Å². The quantitative estimate of drug-likeness (QED) is 0.503. The van der Waals surface area contributed by atoms with Crippen molar-refractivity contribution in [2.45, 2.75) is 39.0 Å². The molecule has 0 aliphatic heterocycles. The lowest BCUT2D eigenvalue weighted by atomic mass is 10.2. The van der Waals surface area contributed by atoms with Crippen LogP contribution >= 0.6 is 0 Å². The van der Waals surface area contributed by atoms with E-state index >= 15 is 0 Å². The Morgan fingerprint density at radius 2 is 1.56 bits per heavy atom. The summed E-state index contributed by atoms with van der Waals surface area (Å²) in [5.74, 6) is 0. The van der Waals surface area contributed by atoms with Gasteiger partial charge >= 0.3 is 0 Å². The van der Waals surface area contributed by atoms with Gasteiger partial charge < -0.3 is 22.7 Å². The number of hydrogen-bond donors (Lipinski definition) is 1. The molecule has 0 aromatic heterocycles. The number of rotatable bonds is 5. The van der Waals surface area contributed by atoms with Crippen LogP contribution in [0.3, 0.4) is 0 Å². The van der Waals surface area contributed by atoms with Crippen molar-refractivity contribution in [3.63, 3.8) is 0 Å². The largest absolute Gasteiger partial charge is 1.00 e. The maximum atomic E-state index is 3.78. The standard InChI is InChI=1S/C7H17N.BrH/c1-2-3-4-5-6-7-8;/h2-8H2,1H3;1H. The van der Waals surface area contributed by atoms with Crippen molar-refractivity contribution in [2.24, 2.45) is 0 Å². The normalized spacial score (nSPS) is 8.67. The second-order valence-electron chi connectivity index (χ2n) is 2.27. The highest BCUT2D eigenvalue weighted by Crippen LogP contribution is 1.99. The summed E-state index contributed by atoms with van der Waals surface area (Å²) in [7, 11) is 0. The van der Waals surface area contributed by atoms with Crippen molar-refractivity contribution in [1.29, 1.82) is 0 Å². The van der Waals surface area contributed by atoms with Gasteiger partial charge in [-0.1, -0.05) is 26.2 Å². The summed E-state index contributed by atoms with van der Waals surface area (Å²) in [5.41, 5.74) is 3.78. The SMILES string of the molecule is CCCCCCC[NH3+].[Br-]. The summed E-state index contributed by atoms with van der Waals surface area (Å²) in [5, 5.41) is 0. The zero-order valence-corrected chi connectivity index (χ0v) is 7.91. The fourth-order valence-corrected chi connectivity index (χ4v) is 0.780. The van der Waals surface area contributed by atoms with Crippen LogP contribution in [0.15, 0.2) is 0 Å². The molecule has 0 spiro atoms. The van der Waals surface area contributed by atoms with E-state index < -0.39 is 0 Å². The van der Waals surface area contributed by atoms with E-state index in [0.29, 0.717) is 0 Å². The molecule has 2 heteroatoms. The Balaban J connectivity index is 0. The van der Waals surface area contributed by atoms with E-state index in [0.717, 1.165) is 6.54 Å². The van der Waals surface area contributed by atoms with Crippen molar-refractivity contribution < 1.29 is 22.7 Å². The molecule has 1 nitrogen and oxygen atoms in total. The van der Waals surface area contributed by atoms with Crippen molar-refractivity contribution in [1.82, 2.24) is 0 Å². The van der Waals surface area contributed by atoms with Gasteiger partial charge in [0.1, 0.15) is 0 Å². The Hall–Kier alpha value is 0.440. The monoisotopic (exact) mass is 195 g/mol. The molecular weight excluding hydrogens is 178 g/mol. The first-order chi connectivity index (χ1) is 3.91. The van der Waals surface area contributed by atoms with Crippen molar-refractivity contribution in [2.75, 3.05) is 6.54 Å². The molecule has 0 aliphatic rings. The van der Waals surface area contributed by atoms with Crippen LogP contribution in [0.1, 0.15) is 39.0 Å². The molecule has 3 N–H and O–H groups in total. The Kier molecular flexibility index (Phi) is 15.2. The third-order valence-electron chi connectivity index (χ3n) is 1.35. The third-order valence-corrected chi connectivity index (χ3v) is 1.35. The van der Waals surface area contributed by atoms with E-state index in [2.05, 4.69) is 12.7 Å². The van der Waals surface area contributed by atoms with E-state index in [4.69, 9.17) is 0 Å². The Bertz CT molecular complexity index is 33.9. The zero-order chi connectivity index (χ0) is 6.24. The number of quaternary nitrogens is 1. The van der Waals surface area contributed by atoms with Crippen LogP contribution in [0, 0.1) is 0 Å². The van der Waals surface area contributed by atoms with Crippen LogP contribution in [0.2, 0.25) is 0 Å². The first-order valence-corrected chi connectivity index (χ1v) is 3.71. The minimum absolute atomic E-state index is 0. The highest BCUT2D eigenvalue weighted by Gasteiger charge is 1.85. The predicted molar refractivity (Wildman–Crippen MR) is 36.5 cm³/mol. The van der Waals surface area contributed by atoms with Crippen LogP contribution in [-0.2, 0) is 0 Å². The molecule has 0 fully saturated rings. The lowest BCUT2D eigenvalue weighted by Gasteiger charge is -1.92. The average Bonchev–Trinajstić information content (AvgIpc) is 1.81. The summed E-state index contributed by atoms with van der Waals surface area (Å²) >= 11 is 0. The topological polar surface area (TPSA) is 27.6 Å². The second-order valence-corrected chi connectivity index (χ2v) is 2.27. The van der Waals surface area contributed by atoms with Gasteiger partial charge in [0.2, 0.25) is 0 Å². The molecule has 0 saturated carbocycles. The molecule has 0 saturated heterocycles. The Morgan fingerprint density at radius 3 is 2.00 bits per heavy atom. The molecule has 0 atom stereocenters. The number of halogens is 1. The van der Waals surface area contributed by atoms with Crippen LogP contribution in [0.25, 0.3) is 0 Å². The van der Waals surface area contributed by atoms with Crippen LogP contribution in [0.5, 0.6) is 0 Å². The molecule has 0 amide bonds. The Morgan fingerprint density at radius 1 is 1.00 bits per heavy atom. The van der Waals surface area contributed by atoms with Gasteiger partial charge in [0.15, 0.2) is 0 Å². The van der Waals surface area contributed by atoms with Gasteiger partial charge in [-0.15, -0.1) is 0 Å². The van der Waals surface area contributed by atoms with Gasteiger partial charge in [-0.2, -0.15) is 0 Å². The molecular formula is C7H18BrN.